The van der Waals surface area contributed by atoms with Gasteiger partial charge in [0.1, 0.15) is 6.67 Å². The van der Waals surface area contributed by atoms with Gasteiger partial charge in [-0.15, -0.1) is 0 Å². The zero-order valence-electron chi connectivity index (χ0n) is 7.80. The standard InChI is InChI=1S/C9H16FNO2/c10-3-6-11-4-1-9(2-5-11)12-7-8-13-9/h1-8H2. The Morgan fingerprint density at radius 2 is 1.77 bits per heavy atom. The molecule has 2 rings (SSSR count). The zero-order chi connectivity index (χ0) is 9.15. The van der Waals surface area contributed by atoms with Crippen LogP contribution in [0.15, 0.2) is 0 Å². The Labute approximate surface area is 77.8 Å². The van der Waals surface area contributed by atoms with Crippen LogP contribution in [0.25, 0.3) is 0 Å². The first-order chi connectivity index (χ1) is 6.35. The number of piperidine rings is 1. The second kappa shape index (κ2) is 3.90. The molecule has 0 saturated carbocycles. The van der Waals surface area contributed by atoms with Gasteiger partial charge in [-0.3, -0.25) is 0 Å². The average Bonchev–Trinajstić information content (AvgIpc) is 2.59. The molecule has 0 radical (unpaired) electrons. The third kappa shape index (κ3) is 2.00. The van der Waals surface area contributed by atoms with Gasteiger partial charge in [-0.2, -0.15) is 0 Å². The lowest BCUT2D eigenvalue weighted by molar-refractivity contribution is -0.185. The zero-order valence-corrected chi connectivity index (χ0v) is 7.80. The normalized spacial score (nSPS) is 28.4. The maximum atomic E-state index is 12.0. The maximum absolute atomic E-state index is 12.0. The smallest absolute Gasteiger partial charge is 0.170 e. The van der Waals surface area contributed by atoms with E-state index in [0.29, 0.717) is 19.8 Å². The molecule has 0 amide bonds. The summed E-state index contributed by atoms with van der Waals surface area (Å²) in [7, 11) is 0. The van der Waals surface area contributed by atoms with Crippen LogP contribution in [0, 0.1) is 0 Å². The van der Waals surface area contributed by atoms with Gasteiger partial charge in [0.05, 0.1) is 13.2 Å². The summed E-state index contributed by atoms with van der Waals surface area (Å²) in [6, 6.07) is 0. The molecule has 0 unspecified atom stereocenters. The molecule has 0 aliphatic carbocycles. The van der Waals surface area contributed by atoms with Crippen molar-refractivity contribution in [3.8, 4) is 0 Å². The molecular formula is C9H16FNO2. The molecule has 76 valence electrons. The minimum Gasteiger partial charge on any atom is -0.347 e. The summed E-state index contributed by atoms with van der Waals surface area (Å²) in [5.41, 5.74) is 0. The first kappa shape index (κ1) is 9.37. The highest BCUT2D eigenvalue weighted by Crippen LogP contribution is 2.30. The molecule has 2 fully saturated rings. The third-order valence-electron chi connectivity index (χ3n) is 2.83. The molecular weight excluding hydrogens is 173 g/mol. The van der Waals surface area contributed by atoms with Crippen molar-refractivity contribution >= 4 is 0 Å². The Balaban J connectivity index is 1.81. The summed E-state index contributed by atoms with van der Waals surface area (Å²) in [4.78, 5) is 2.12. The van der Waals surface area contributed by atoms with Crippen molar-refractivity contribution in [2.24, 2.45) is 0 Å². The fourth-order valence-corrected chi connectivity index (χ4v) is 2.02. The van der Waals surface area contributed by atoms with Crippen LogP contribution in [0.5, 0.6) is 0 Å². The van der Waals surface area contributed by atoms with Gasteiger partial charge in [-0.05, 0) is 0 Å². The predicted molar refractivity (Wildman–Crippen MR) is 46.3 cm³/mol. The van der Waals surface area contributed by atoms with E-state index >= 15 is 0 Å². The van der Waals surface area contributed by atoms with E-state index in [1.54, 1.807) is 0 Å². The number of halogens is 1. The van der Waals surface area contributed by atoms with Gasteiger partial charge in [0.25, 0.3) is 0 Å². The van der Waals surface area contributed by atoms with Crippen molar-refractivity contribution in [1.29, 1.82) is 0 Å². The SMILES string of the molecule is FCCN1CCC2(CC1)OCCO2. The van der Waals surface area contributed by atoms with Crippen LogP contribution in [0.3, 0.4) is 0 Å². The highest BCUT2D eigenvalue weighted by Gasteiger charge is 2.39. The lowest BCUT2D eigenvalue weighted by atomic mass is 10.0. The van der Waals surface area contributed by atoms with Crippen LogP contribution in [0.1, 0.15) is 12.8 Å². The minimum atomic E-state index is -0.313. The van der Waals surface area contributed by atoms with E-state index in [2.05, 4.69) is 4.90 Å². The first-order valence-electron chi connectivity index (χ1n) is 4.91. The van der Waals surface area contributed by atoms with Gasteiger partial charge in [-0.25, -0.2) is 4.39 Å². The van der Waals surface area contributed by atoms with E-state index in [1.165, 1.54) is 0 Å². The van der Waals surface area contributed by atoms with Crippen molar-refractivity contribution in [3.63, 3.8) is 0 Å². The lowest BCUT2D eigenvalue weighted by Crippen LogP contribution is -2.45. The van der Waals surface area contributed by atoms with E-state index < -0.39 is 0 Å². The number of rotatable bonds is 2. The van der Waals surface area contributed by atoms with E-state index in [9.17, 15) is 4.39 Å². The molecule has 2 aliphatic rings. The molecule has 4 heteroatoms. The molecule has 13 heavy (non-hydrogen) atoms. The summed E-state index contributed by atoms with van der Waals surface area (Å²) < 4.78 is 23.2. The fraction of sp³-hybridized carbons (Fsp3) is 1.00. The second-order valence-electron chi connectivity index (χ2n) is 3.64. The van der Waals surface area contributed by atoms with Gasteiger partial charge in [0.2, 0.25) is 0 Å². The Morgan fingerprint density at radius 3 is 2.31 bits per heavy atom. The van der Waals surface area contributed by atoms with Gasteiger partial charge < -0.3 is 14.4 Å². The highest BCUT2D eigenvalue weighted by molar-refractivity contribution is 4.82. The molecule has 1 spiro atoms. The summed E-state index contributed by atoms with van der Waals surface area (Å²) >= 11 is 0. The number of nitrogens with zero attached hydrogens (tertiary/aromatic N) is 1. The van der Waals surface area contributed by atoms with E-state index in [-0.39, 0.29) is 12.5 Å². The Bertz CT molecular complexity index is 161. The number of likely N-dealkylation sites (tertiary alicyclic amines) is 1. The van der Waals surface area contributed by atoms with Crippen LogP contribution in [0.4, 0.5) is 4.39 Å². The van der Waals surface area contributed by atoms with Crippen LogP contribution in [-0.2, 0) is 9.47 Å². The maximum Gasteiger partial charge on any atom is 0.170 e. The molecule has 0 bridgehead atoms. The molecule has 0 aromatic carbocycles. The summed E-state index contributed by atoms with van der Waals surface area (Å²) in [6.45, 7) is 3.50. The quantitative estimate of drug-likeness (QED) is 0.641. The highest BCUT2D eigenvalue weighted by atomic mass is 19.1. The number of hydrogen-bond acceptors (Lipinski definition) is 3. The first-order valence-corrected chi connectivity index (χ1v) is 4.91. The van der Waals surface area contributed by atoms with Crippen LogP contribution < -0.4 is 0 Å². The van der Waals surface area contributed by atoms with Gasteiger partial charge >= 0.3 is 0 Å². The van der Waals surface area contributed by atoms with Crippen molar-refractivity contribution in [2.75, 3.05) is 39.5 Å². The Hall–Kier alpha value is -0.190. The third-order valence-corrected chi connectivity index (χ3v) is 2.83. The van der Waals surface area contributed by atoms with Crippen LogP contribution in [0.2, 0.25) is 0 Å². The van der Waals surface area contributed by atoms with E-state index in [4.69, 9.17) is 9.47 Å². The monoisotopic (exact) mass is 189 g/mol. The molecule has 0 aromatic heterocycles. The van der Waals surface area contributed by atoms with Gasteiger partial charge in [0.15, 0.2) is 5.79 Å². The number of ether oxygens (including phenoxy) is 2. The predicted octanol–water partition coefficient (Wildman–Crippen LogP) is 0.795. The van der Waals surface area contributed by atoms with E-state index in [1.807, 2.05) is 0 Å². The molecule has 0 aromatic rings. The molecule has 0 N–H and O–H groups in total. The second-order valence-corrected chi connectivity index (χ2v) is 3.64. The fourth-order valence-electron chi connectivity index (χ4n) is 2.02. The molecule has 2 heterocycles. The van der Waals surface area contributed by atoms with E-state index in [0.717, 1.165) is 25.9 Å². The molecule has 3 nitrogen and oxygen atoms in total. The lowest BCUT2D eigenvalue weighted by Gasteiger charge is -2.37. The Morgan fingerprint density at radius 1 is 1.15 bits per heavy atom. The topological polar surface area (TPSA) is 21.7 Å². The van der Waals surface area contributed by atoms with Crippen molar-refractivity contribution in [3.05, 3.63) is 0 Å². The summed E-state index contributed by atoms with van der Waals surface area (Å²) in [5.74, 6) is -0.313. The van der Waals surface area contributed by atoms with Gasteiger partial charge in [0, 0.05) is 32.5 Å². The molecule has 0 atom stereocenters. The van der Waals surface area contributed by atoms with Gasteiger partial charge in [-0.1, -0.05) is 0 Å². The molecule has 2 saturated heterocycles. The summed E-state index contributed by atoms with van der Waals surface area (Å²) in [5, 5.41) is 0. The minimum absolute atomic E-state index is 0.255. The largest absolute Gasteiger partial charge is 0.347 e. The van der Waals surface area contributed by atoms with Crippen LogP contribution in [-0.4, -0.2) is 50.2 Å². The van der Waals surface area contributed by atoms with Crippen molar-refractivity contribution in [1.82, 2.24) is 4.90 Å². The van der Waals surface area contributed by atoms with Crippen molar-refractivity contribution < 1.29 is 13.9 Å². The van der Waals surface area contributed by atoms with Crippen molar-refractivity contribution in [2.45, 2.75) is 18.6 Å². The summed E-state index contributed by atoms with van der Waals surface area (Å²) in [6.07, 6.45) is 1.76. The molecule has 2 aliphatic heterocycles. The average molecular weight is 189 g/mol. The van der Waals surface area contributed by atoms with Crippen LogP contribution >= 0.6 is 0 Å². The number of alkyl halides is 1. The number of hydrogen-bond donors (Lipinski definition) is 0. The Kier molecular flexibility index (Phi) is 2.81.